The molecule has 10 heteroatoms. The van der Waals surface area contributed by atoms with Crippen LogP contribution in [0.25, 0.3) is 5.69 Å². The Morgan fingerprint density at radius 2 is 1.93 bits per heavy atom. The molecule has 6 nitrogen and oxygen atoms in total. The van der Waals surface area contributed by atoms with Gasteiger partial charge in [-0.3, -0.25) is 9.36 Å². The highest BCUT2D eigenvalue weighted by molar-refractivity contribution is 6.33. The Bertz CT molecular complexity index is 1020. The van der Waals surface area contributed by atoms with Crippen LogP contribution in [0.3, 0.4) is 0 Å². The molecule has 0 radical (unpaired) electrons. The maximum Gasteiger partial charge on any atom is 0.431 e. The summed E-state index contributed by atoms with van der Waals surface area (Å²) in [5.74, 6) is -0.842. The minimum absolute atomic E-state index is 0.0169. The summed E-state index contributed by atoms with van der Waals surface area (Å²) in [6.45, 7) is 5.02. The van der Waals surface area contributed by atoms with Crippen molar-refractivity contribution in [1.29, 1.82) is 0 Å². The molecule has 1 heterocycles. The molecule has 0 aliphatic rings. The number of rotatable bonds is 4. The molecule has 1 atom stereocenters. The Hall–Kier alpha value is -2.81. The number of hydrogen-bond donors (Lipinski definition) is 0. The van der Waals surface area contributed by atoms with E-state index in [0.717, 1.165) is 13.1 Å². The molecule has 0 saturated carbocycles. The van der Waals surface area contributed by atoms with E-state index in [9.17, 15) is 27.6 Å². The maximum atomic E-state index is 12.9. The van der Waals surface area contributed by atoms with Crippen LogP contribution < -0.4 is 11.2 Å². The minimum atomic E-state index is -4.87. The molecule has 0 fully saturated rings. The van der Waals surface area contributed by atoms with Gasteiger partial charge < -0.3 is 4.74 Å². The van der Waals surface area contributed by atoms with Gasteiger partial charge in [0, 0.05) is 13.1 Å². The van der Waals surface area contributed by atoms with Gasteiger partial charge in [-0.2, -0.15) is 13.2 Å². The number of benzene rings is 1. The number of nitrogens with zero attached hydrogens (tertiary/aromatic N) is 2. The predicted molar refractivity (Wildman–Crippen MR) is 92.4 cm³/mol. The third kappa shape index (κ3) is 4.13. The number of carbonyl (C=O) groups excluding carboxylic acids is 1. The quantitative estimate of drug-likeness (QED) is 0.582. The second kappa shape index (κ2) is 7.43. The summed E-state index contributed by atoms with van der Waals surface area (Å²) < 4.78 is 44.6. The number of alkyl halides is 3. The highest BCUT2D eigenvalue weighted by Crippen LogP contribution is 2.27. The first-order valence-electron chi connectivity index (χ1n) is 7.51. The van der Waals surface area contributed by atoms with E-state index in [4.69, 9.17) is 16.3 Å². The van der Waals surface area contributed by atoms with Gasteiger partial charge >= 0.3 is 17.8 Å². The van der Waals surface area contributed by atoms with Crippen LogP contribution in [0.4, 0.5) is 13.2 Å². The van der Waals surface area contributed by atoms with Crippen LogP contribution in [0.2, 0.25) is 5.02 Å². The van der Waals surface area contributed by atoms with Crippen LogP contribution in [0, 0.1) is 0 Å². The molecule has 2 aromatic rings. The lowest BCUT2D eigenvalue weighted by molar-refractivity contribution is -0.144. The van der Waals surface area contributed by atoms with Crippen molar-refractivity contribution in [2.24, 2.45) is 7.05 Å². The fraction of sp³-hybridized carbons (Fsp3) is 0.235. The number of aromatic nitrogens is 2. The largest absolute Gasteiger partial charge is 0.455 e. The van der Waals surface area contributed by atoms with E-state index >= 15 is 0 Å². The number of hydrogen-bond acceptors (Lipinski definition) is 4. The smallest absolute Gasteiger partial charge is 0.431 e. The topological polar surface area (TPSA) is 70.3 Å². The zero-order valence-electron chi connectivity index (χ0n) is 14.2. The summed E-state index contributed by atoms with van der Waals surface area (Å²) in [7, 11) is 0.887. The molecule has 0 bridgehead atoms. The lowest BCUT2D eigenvalue weighted by atomic mass is 10.2. The highest BCUT2D eigenvalue weighted by atomic mass is 35.5. The van der Waals surface area contributed by atoms with Crippen LogP contribution >= 0.6 is 11.6 Å². The monoisotopic (exact) mass is 402 g/mol. The number of carbonyl (C=O) groups is 1. The molecule has 1 aromatic carbocycles. The van der Waals surface area contributed by atoms with E-state index in [-0.39, 0.29) is 16.3 Å². The van der Waals surface area contributed by atoms with Crippen molar-refractivity contribution in [3.63, 3.8) is 0 Å². The summed E-state index contributed by atoms with van der Waals surface area (Å²) in [4.78, 5) is 36.6. The third-order valence-electron chi connectivity index (χ3n) is 3.66. The van der Waals surface area contributed by atoms with E-state index in [0.29, 0.717) is 15.2 Å². The molecule has 27 heavy (non-hydrogen) atoms. The van der Waals surface area contributed by atoms with E-state index < -0.39 is 35.2 Å². The Morgan fingerprint density at radius 1 is 1.30 bits per heavy atom. The molecule has 0 saturated heterocycles. The van der Waals surface area contributed by atoms with Crippen molar-refractivity contribution in [2.75, 3.05) is 0 Å². The lowest BCUT2D eigenvalue weighted by Gasteiger charge is -2.15. The van der Waals surface area contributed by atoms with E-state index in [2.05, 4.69) is 6.58 Å². The van der Waals surface area contributed by atoms with Gasteiger partial charge in [0.15, 0.2) is 0 Å². The molecule has 0 spiro atoms. The Kier molecular flexibility index (Phi) is 5.65. The number of esters is 1. The van der Waals surface area contributed by atoms with E-state index in [1.807, 2.05) is 0 Å². The van der Waals surface area contributed by atoms with Crippen molar-refractivity contribution in [3.8, 4) is 5.69 Å². The average molecular weight is 403 g/mol. The van der Waals surface area contributed by atoms with Crippen molar-refractivity contribution in [2.45, 2.75) is 19.2 Å². The van der Waals surface area contributed by atoms with Gasteiger partial charge in [-0.05, 0) is 25.1 Å². The number of halogens is 4. The SMILES string of the molecule is C=CC(C)OC(=O)c1cc(-n2c(=O)cc(C(F)(F)F)n(C)c2=O)ccc1Cl. The molecule has 0 N–H and O–H groups in total. The first kappa shape index (κ1) is 20.5. The van der Waals surface area contributed by atoms with Gasteiger partial charge in [0.05, 0.1) is 16.3 Å². The molecule has 0 amide bonds. The van der Waals surface area contributed by atoms with Gasteiger partial charge in [-0.25, -0.2) is 14.2 Å². The predicted octanol–water partition coefficient (Wildman–Crippen LogP) is 2.94. The van der Waals surface area contributed by atoms with Crippen LogP contribution in [0.5, 0.6) is 0 Å². The fourth-order valence-electron chi connectivity index (χ4n) is 2.22. The van der Waals surface area contributed by atoms with Crippen LogP contribution in [0.1, 0.15) is 23.0 Å². The third-order valence-corrected chi connectivity index (χ3v) is 3.99. The molecular formula is C17H14ClF3N2O4. The summed E-state index contributed by atoms with van der Waals surface area (Å²) in [6.07, 6.45) is -4.13. The average Bonchev–Trinajstić information content (AvgIpc) is 2.58. The molecule has 0 aliphatic carbocycles. The summed E-state index contributed by atoms with van der Waals surface area (Å²) in [5.41, 5.74) is -4.10. The Labute approximate surface area is 156 Å². The summed E-state index contributed by atoms with van der Waals surface area (Å²) in [6, 6.07) is 3.85. The molecule has 1 unspecified atom stereocenters. The molecule has 144 valence electrons. The van der Waals surface area contributed by atoms with E-state index in [1.54, 1.807) is 6.92 Å². The van der Waals surface area contributed by atoms with Crippen LogP contribution in [-0.2, 0) is 18.0 Å². The fourth-order valence-corrected chi connectivity index (χ4v) is 2.42. The summed E-state index contributed by atoms with van der Waals surface area (Å²) in [5, 5.41) is -0.0169. The Morgan fingerprint density at radius 3 is 2.48 bits per heavy atom. The van der Waals surface area contributed by atoms with Crippen molar-refractivity contribution in [1.82, 2.24) is 9.13 Å². The normalized spacial score (nSPS) is 12.5. The first-order chi connectivity index (χ1) is 12.5. The Balaban J connectivity index is 2.64. The second-order valence-electron chi connectivity index (χ2n) is 5.55. The maximum absolute atomic E-state index is 12.9. The van der Waals surface area contributed by atoms with Gasteiger partial charge in [-0.15, -0.1) is 0 Å². The van der Waals surface area contributed by atoms with Crippen LogP contribution in [0.15, 0.2) is 46.5 Å². The van der Waals surface area contributed by atoms with Crippen molar-refractivity contribution < 1.29 is 22.7 Å². The zero-order valence-corrected chi connectivity index (χ0v) is 15.0. The molecule has 2 rings (SSSR count). The zero-order chi connectivity index (χ0) is 20.5. The van der Waals surface area contributed by atoms with Crippen molar-refractivity contribution >= 4 is 17.6 Å². The second-order valence-corrected chi connectivity index (χ2v) is 5.96. The van der Waals surface area contributed by atoms with E-state index in [1.165, 1.54) is 18.2 Å². The molecular weight excluding hydrogens is 389 g/mol. The molecule has 1 aromatic heterocycles. The lowest BCUT2D eigenvalue weighted by Crippen LogP contribution is -2.40. The first-order valence-corrected chi connectivity index (χ1v) is 7.89. The van der Waals surface area contributed by atoms with Gasteiger partial charge in [-0.1, -0.05) is 24.3 Å². The van der Waals surface area contributed by atoms with Gasteiger partial charge in [0.1, 0.15) is 11.8 Å². The van der Waals surface area contributed by atoms with Gasteiger partial charge in [0.25, 0.3) is 5.56 Å². The highest BCUT2D eigenvalue weighted by Gasteiger charge is 2.35. The number of ether oxygens (including phenoxy) is 1. The summed E-state index contributed by atoms with van der Waals surface area (Å²) >= 11 is 5.95. The van der Waals surface area contributed by atoms with Crippen LogP contribution in [-0.4, -0.2) is 21.2 Å². The van der Waals surface area contributed by atoms with Gasteiger partial charge in [0.2, 0.25) is 0 Å². The molecule has 0 aliphatic heterocycles. The standard InChI is InChI=1S/C17H14ClF3N2O4/c1-4-9(2)27-15(25)11-7-10(5-6-12(11)18)23-14(24)8-13(17(19,20)21)22(3)16(23)26/h4-9H,1H2,2-3H3. The minimum Gasteiger partial charge on any atom is -0.455 e. The van der Waals surface area contributed by atoms with Crippen molar-refractivity contribution in [3.05, 3.63) is 74.0 Å².